The van der Waals surface area contributed by atoms with E-state index >= 15 is 0 Å². The van der Waals surface area contributed by atoms with Crippen LogP contribution in [0, 0.1) is 5.82 Å². The molecule has 1 saturated heterocycles. The van der Waals surface area contributed by atoms with Crippen molar-refractivity contribution in [2.45, 2.75) is 24.4 Å². The largest absolute Gasteiger partial charge is 0.494 e. The van der Waals surface area contributed by atoms with E-state index in [1.54, 1.807) is 18.2 Å². The fraction of sp³-hybridized carbons (Fsp3) is 0.350. The maximum Gasteiger partial charge on any atom is 0.174 e. The first kappa shape index (κ1) is 18.1. The molecule has 0 radical (unpaired) electrons. The lowest BCUT2D eigenvalue weighted by Gasteiger charge is -2.17. The molecule has 0 bridgehead atoms. The van der Waals surface area contributed by atoms with Gasteiger partial charge in [-0.3, -0.25) is 0 Å². The first-order valence-electron chi connectivity index (χ1n) is 8.97. The Kier molecular flexibility index (Phi) is 5.18. The van der Waals surface area contributed by atoms with Gasteiger partial charge in [0.15, 0.2) is 11.6 Å². The van der Waals surface area contributed by atoms with E-state index in [2.05, 4.69) is 15.6 Å². The van der Waals surface area contributed by atoms with Gasteiger partial charge < -0.3 is 20.1 Å². The van der Waals surface area contributed by atoms with E-state index in [0.29, 0.717) is 23.6 Å². The molecule has 1 fully saturated rings. The average Bonchev–Trinajstić information content (AvgIpc) is 3.20. The van der Waals surface area contributed by atoms with Crippen molar-refractivity contribution in [3.63, 3.8) is 0 Å². The number of benzene rings is 1. The predicted molar refractivity (Wildman–Crippen MR) is 105 cm³/mol. The lowest BCUT2D eigenvalue weighted by molar-refractivity contribution is 0.120. The maximum atomic E-state index is 14.8. The van der Waals surface area contributed by atoms with Crippen LogP contribution in [0.5, 0.6) is 5.75 Å². The van der Waals surface area contributed by atoms with Crippen molar-refractivity contribution in [2.75, 3.05) is 25.6 Å². The Morgan fingerprint density at radius 2 is 2.33 bits per heavy atom. The fourth-order valence-electron chi connectivity index (χ4n) is 3.39. The van der Waals surface area contributed by atoms with Crippen LogP contribution in [0.3, 0.4) is 0 Å². The zero-order valence-electron chi connectivity index (χ0n) is 15.0. The van der Waals surface area contributed by atoms with Gasteiger partial charge >= 0.3 is 0 Å². The van der Waals surface area contributed by atoms with Crippen molar-refractivity contribution >= 4 is 29.7 Å². The molecule has 2 unspecified atom stereocenters. The second-order valence-electron chi connectivity index (χ2n) is 6.58. The summed E-state index contributed by atoms with van der Waals surface area (Å²) in [6, 6.07) is 6.88. The summed E-state index contributed by atoms with van der Waals surface area (Å²) in [5.41, 5.74) is 0.597. The number of fused-ring (bicyclic) bond motifs is 1. The van der Waals surface area contributed by atoms with Crippen molar-refractivity contribution < 1.29 is 13.9 Å². The topological polar surface area (TPSA) is 55.4 Å². The summed E-state index contributed by atoms with van der Waals surface area (Å²) in [4.78, 5) is 4.69. The zero-order chi connectivity index (χ0) is 18.8. The summed E-state index contributed by atoms with van der Waals surface area (Å²) < 4.78 is 25.5. The molecule has 2 aromatic rings. The molecular weight excluding hydrogens is 369 g/mol. The second-order valence-corrected chi connectivity index (χ2v) is 7.05. The molecule has 3 heterocycles. The van der Waals surface area contributed by atoms with Crippen LogP contribution in [0.2, 0.25) is 0 Å². The van der Waals surface area contributed by atoms with Gasteiger partial charge in [0.2, 0.25) is 0 Å². The van der Waals surface area contributed by atoms with E-state index in [4.69, 9.17) is 21.1 Å². The Morgan fingerprint density at radius 1 is 1.44 bits per heavy atom. The number of hydrogen-bond acceptors (Lipinski definition) is 5. The van der Waals surface area contributed by atoms with Crippen LogP contribution >= 0.6 is 11.6 Å². The van der Waals surface area contributed by atoms with Gasteiger partial charge in [-0.1, -0.05) is 17.7 Å². The van der Waals surface area contributed by atoms with Gasteiger partial charge in [-0.15, -0.1) is 0 Å². The second kappa shape index (κ2) is 7.74. The molecule has 7 heteroatoms. The molecule has 0 aliphatic carbocycles. The molecule has 2 aliphatic rings. The van der Waals surface area contributed by atoms with E-state index in [9.17, 15) is 4.39 Å². The SMILES string of the molecule is COc1cccc(-c2cc3c(c(NCC4CCCO4)n2)=CC(Cl)NC=3)c1F. The molecule has 27 heavy (non-hydrogen) atoms. The van der Waals surface area contributed by atoms with Gasteiger partial charge in [0, 0.05) is 35.4 Å². The first-order chi connectivity index (χ1) is 13.2. The average molecular weight is 390 g/mol. The smallest absolute Gasteiger partial charge is 0.174 e. The number of alkyl halides is 1. The normalized spacial score (nSPS) is 20.9. The van der Waals surface area contributed by atoms with E-state index in [-0.39, 0.29) is 17.4 Å². The van der Waals surface area contributed by atoms with Crippen molar-refractivity contribution in [2.24, 2.45) is 0 Å². The van der Waals surface area contributed by atoms with E-state index in [1.165, 1.54) is 7.11 Å². The Hall–Kier alpha value is -2.31. The molecule has 5 nitrogen and oxygen atoms in total. The maximum absolute atomic E-state index is 14.8. The molecule has 0 saturated carbocycles. The number of anilines is 1. The molecule has 0 spiro atoms. The highest BCUT2D eigenvalue weighted by Crippen LogP contribution is 2.27. The van der Waals surface area contributed by atoms with Crippen LogP contribution in [-0.4, -0.2) is 36.9 Å². The van der Waals surface area contributed by atoms with Crippen molar-refractivity contribution in [3.8, 4) is 17.0 Å². The zero-order valence-corrected chi connectivity index (χ0v) is 15.7. The standard InChI is InChI=1S/C20H21ClFN3O2/c1-26-17-6-2-5-14(19(17)22)16-8-12-10-23-18(21)9-15(12)20(25-16)24-11-13-4-3-7-27-13/h2,5-6,8-10,13,18,23H,3-4,7,11H2,1H3,(H,24,25). The summed E-state index contributed by atoms with van der Waals surface area (Å²) in [5, 5.41) is 8.23. The van der Waals surface area contributed by atoms with Gasteiger partial charge in [-0.05, 0) is 37.1 Å². The van der Waals surface area contributed by atoms with E-state index in [0.717, 1.165) is 29.9 Å². The molecule has 2 N–H and O–H groups in total. The number of ether oxygens (including phenoxy) is 2. The van der Waals surface area contributed by atoms with Crippen LogP contribution in [-0.2, 0) is 4.74 Å². The number of hydrogen-bond donors (Lipinski definition) is 2. The van der Waals surface area contributed by atoms with Gasteiger partial charge in [0.25, 0.3) is 0 Å². The lowest BCUT2D eigenvalue weighted by atomic mass is 10.1. The molecule has 0 amide bonds. The van der Waals surface area contributed by atoms with Crippen LogP contribution in [0.25, 0.3) is 23.5 Å². The van der Waals surface area contributed by atoms with Gasteiger partial charge in [-0.25, -0.2) is 9.37 Å². The number of nitrogens with zero attached hydrogens (tertiary/aromatic N) is 1. The third-order valence-electron chi connectivity index (χ3n) is 4.78. The number of pyridine rings is 1. The first-order valence-corrected chi connectivity index (χ1v) is 9.41. The third-order valence-corrected chi connectivity index (χ3v) is 5.03. The fourth-order valence-corrected chi connectivity index (χ4v) is 3.58. The van der Waals surface area contributed by atoms with Crippen molar-refractivity contribution in [1.82, 2.24) is 10.3 Å². The van der Waals surface area contributed by atoms with Crippen LogP contribution in [0.1, 0.15) is 12.8 Å². The summed E-state index contributed by atoms with van der Waals surface area (Å²) in [7, 11) is 1.45. The third kappa shape index (κ3) is 3.73. The van der Waals surface area contributed by atoms with Crippen molar-refractivity contribution in [3.05, 3.63) is 40.5 Å². The molecule has 1 aromatic heterocycles. The Labute approximate surface area is 161 Å². The quantitative estimate of drug-likeness (QED) is 0.606. The summed E-state index contributed by atoms with van der Waals surface area (Å²) in [6.45, 7) is 1.44. The summed E-state index contributed by atoms with van der Waals surface area (Å²) in [6.07, 6.45) is 5.98. The number of nitrogens with one attached hydrogen (secondary N) is 2. The number of aromatic nitrogens is 1. The molecule has 2 aliphatic heterocycles. The van der Waals surface area contributed by atoms with E-state index in [1.807, 2.05) is 18.3 Å². The summed E-state index contributed by atoms with van der Waals surface area (Å²) in [5.74, 6) is 0.430. The highest BCUT2D eigenvalue weighted by Gasteiger charge is 2.18. The molecule has 2 atom stereocenters. The van der Waals surface area contributed by atoms with Crippen LogP contribution in [0.15, 0.2) is 24.3 Å². The predicted octanol–water partition coefficient (Wildman–Crippen LogP) is 2.17. The Morgan fingerprint density at radius 3 is 3.11 bits per heavy atom. The van der Waals surface area contributed by atoms with E-state index < -0.39 is 5.82 Å². The van der Waals surface area contributed by atoms with Crippen LogP contribution in [0.4, 0.5) is 10.2 Å². The highest BCUT2D eigenvalue weighted by molar-refractivity contribution is 6.24. The Bertz CT molecular complexity index is 960. The molecule has 1 aromatic carbocycles. The molecular formula is C20H21ClFN3O2. The number of halogens is 2. The van der Waals surface area contributed by atoms with Crippen LogP contribution < -0.4 is 25.8 Å². The van der Waals surface area contributed by atoms with Gasteiger partial charge in [-0.2, -0.15) is 0 Å². The van der Waals surface area contributed by atoms with Crippen molar-refractivity contribution in [1.29, 1.82) is 0 Å². The Balaban J connectivity index is 1.78. The minimum absolute atomic E-state index is 0.164. The monoisotopic (exact) mass is 389 g/mol. The minimum Gasteiger partial charge on any atom is -0.494 e. The molecule has 4 rings (SSSR count). The number of rotatable bonds is 5. The number of methoxy groups -OCH3 is 1. The van der Waals surface area contributed by atoms with Gasteiger partial charge in [0.1, 0.15) is 11.3 Å². The highest BCUT2D eigenvalue weighted by atomic mass is 35.5. The summed E-state index contributed by atoms with van der Waals surface area (Å²) >= 11 is 6.21. The van der Waals surface area contributed by atoms with Gasteiger partial charge in [0.05, 0.1) is 18.9 Å². The lowest BCUT2D eigenvalue weighted by Crippen LogP contribution is -2.39. The minimum atomic E-state index is -0.430. The molecule has 142 valence electrons.